The van der Waals surface area contributed by atoms with Crippen molar-refractivity contribution in [2.75, 3.05) is 11.5 Å². The fourth-order valence-electron chi connectivity index (χ4n) is 2.17. The Kier molecular flexibility index (Phi) is 4.30. The number of benzene rings is 1. The van der Waals surface area contributed by atoms with E-state index < -0.39 is 11.9 Å². The number of rotatable bonds is 4. The molecule has 1 saturated heterocycles. The minimum absolute atomic E-state index is 0.201. The van der Waals surface area contributed by atoms with Gasteiger partial charge >= 0.3 is 5.97 Å². The Morgan fingerprint density at radius 1 is 1.39 bits per heavy atom. The minimum atomic E-state index is -0.801. The van der Waals surface area contributed by atoms with Crippen molar-refractivity contribution in [3.8, 4) is 0 Å². The predicted octanol–water partition coefficient (Wildman–Crippen LogP) is 2.14. The van der Waals surface area contributed by atoms with Gasteiger partial charge in [0.1, 0.15) is 0 Å². The fourth-order valence-corrected chi connectivity index (χ4v) is 3.46. The molecule has 0 radical (unpaired) electrons. The Morgan fingerprint density at radius 2 is 2.06 bits per heavy atom. The van der Waals surface area contributed by atoms with E-state index >= 15 is 0 Å². The number of carboxylic acid groups (broad SMARTS) is 1. The lowest BCUT2D eigenvalue weighted by Gasteiger charge is -2.14. The molecule has 2 rings (SSSR count). The Hall–Kier alpha value is -1.00. The van der Waals surface area contributed by atoms with E-state index in [9.17, 15) is 9.90 Å². The molecule has 18 heavy (non-hydrogen) atoms. The minimum Gasteiger partial charge on any atom is -0.481 e. The van der Waals surface area contributed by atoms with Crippen LogP contribution in [0.4, 0.5) is 0 Å². The average molecular weight is 266 g/mol. The molecule has 3 unspecified atom stereocenters. The van der Waals surface area contributed by atoms with Crippen molar-refractivity contribution >= 4 is 17.7 Å². The van der Waals surface area contributed by atoms with Gasteiger partial charge in [-0.05, 0) is 36.1 Å². The highest BCUT2D eigenvalue weighted by atomic mass is 32.2. The van der Waals surface area contributed by atoms with Gasteiger partial charge in [-0.2, -0.15) is 11.8 Å². The standard InChI is InChI=1S/C14H18O3S/c1-9(14(16)17)11-4-2-10(3-5-11)6-12-7-18-8-13(12)15/h2-5,9,12-13,15H,6-8H2,1H3,(H,16,17). The molecule has 4 heteroatoms. The fraction of sp³-hybridized carbons (Fsp3) is 0.500. The van der Waals surface area contributed by atoms with Gasteiger partial charge in [-0.25, -0.2) is 0 Å². The van der Waals surface area contributed by atoms with Crippen LogP contribution in [0.1, 0.15) is 24.0 Å². The van der Waals surface area contributed by atoms with Crippen molar-refractivity contribution in [3.05, 3.63) is 35.4 Å². The zero-order chi connectivity index (χ0) is 13.1. The number of hydrogen-bond donors (Lipinski definition) is 2. The maximum Gasteiger partial charge on any atom is 0.310 e. The van der Waals surface area contributed by atoms with Crippen LogP contribution in [0, 0.1) is 5.92 Å². The summed E-state index contributed by atoms with van der Waals surface area (Å²) in [6, 6.07) is 7.71. The zero-order valence-electron chi connectivity index (χ0n) is 10.4. The molecule has 1 aromatic rings. The second-order valence-electron chi connectivity index (χ2n) is 4.87. The van der Waals surface area contributed by atoms with Crippen LogP contribution < -0.4 is 0 Å². The third-order valence-electron chi connectivity index (χ3n) is 3.51. The van der Waals surface area contributed by atoms with Gasteiger partial charge in [0.2, 0.25) is 0 Å². The highest BCUT2D eigenvalue weighted by molar-refractivity contribution is 7.99. The Labute approximate surface area is 111 Å². The molecule has 0 bridgehead atoms. The number of aliphatic hydroxyl groups is 1. The van der Waals surface area contributed by atoms with Gasteiger partial charge in [0.05, 0.1) is 12.0 Å². The van der Waals surface area contributed by atoms with Gasteiger partial charge in [0.25, 0.3) is 0 Å². The molecule has 0 aliphatic carbocycles. The number of carbonyl (C=O) groups is 1. The van der Waals surface area contributed by atoms with Gasteiger partial charge in [-0.15, -0.1) is 0 Å². The van der Waals surface area contributed by atoms with E-state index in [-0.39, 0.29) is 6.10 Å². The first-order valence-corrected chi connectivity index (χ1v) is 7.31. The SMILES string of the molecule is CC(C(=O)O)c1ccc(CC2CSCC2O)cc1. The summed E-state index contributed by atoms with van der Waals surface area (Å²) in [5, 5.41) is 18.7. The average Bonchev–Trinajstić information content (AvgIpc) is 2.75. The van der Waals surface area contributed by atoms with E-state index in [0.29, 0.717) is 5.92 Å². The molecule has 0 aromatic heterocycles. The van der Waals surface area contributed by atoms with Crippen LogP contribution in [0.15, 0.2) is 24.3 Å². The molecule has 1 aromatic carbocycles. The quantitative estimate of drug-likeness (QED) is 0.876. The molecular formula is C14H18O3S. The van der Waals surface area contributed by atoms with Crippen molar-refractivity contribution in [3.63, 3.8) is 0 Å². The zero-order valence-corrected chi connectivity index (χ0v) is 11.2. The van der Waals surface area contributed by atoms with Crippen LogP contribution in [-0.2, 0) is 11.2 Å². The van der Waals surface area contributed by atoms with Gasteiger partial charge < -0.3 is 10.2 Å². The molecule has 1 aliphatic heterocycles. The lowest BCUT2D eigenvalue weighted by atomic mass is 9.94. The molecule has 98 valence electrons. The Morgan fingerprint density at radius 3 is 2.56 bits per heavy atom. The number of thioether (sulfide) groups is 1. The van der Waals surface area contributed by atoms with Crippen molar-refractivity contribution in [1.29, 1.82) is 0 Å². The van der Waals surface area contributed by atoms with Gasteiger partial charge in [0, 0.05) is 5.75 Å². The monoisotopic (exact) mass is 266 g/mol. The van der Waals surface area contributed by atoms with Gasteiger partial charge in [0.15, 0.2) is 0 Å². The smallest absolute Gasteiger partial charge is 0.310 e. The van der Waals surface area contributed by atoms with E-state index in [0.717, 1.165) is 23.5 Å². The topological polar surface area (TPSA) is 57.5 Å². The normalized spacial score (nSPS) is 25.0. The third-order valence-corrected chi connectivity index (χ3v) is 4.75. The lowest BCUT2D eigenvalue weighted by molar-refractivity contribution is -0.138. The van der Waals surface area contributed by atoms with Crippen LogP contribution in [0.25, 0.3) is 0 Å². The molecule has 0 saturated carbocycles. The van der Waals surface area contributed by atoms with E-state index in [4.69, 9.17) is 5.11 Å². The van der Waals surface area contributed by atoms with E-state index in [2.05, 4.69) is 0 Å². The van der Waals surface area contributed by atoms with Gasteiger partial charge in [-0.3, -0.25) is 4.79 Å². The first kappa shape index (κ1) is 13.4. The maximum absolute atomic E-state index is 10.9. The molecule has 3 nitrogen and oxygen atoms in total. The highest BCUT2D eigenvalue weighted by Gasteiger charge is 2.25. The largest absolute Gasteiger partial charge is 0.481 e. The number of aliphatic hydroxyl groups excluding tert-OH is 1. The molecule has 0 amide bonds. The maximum atomic E-state index is 10.9. The predicted molar refractivity (Wildman–Crippen MR) is 73.0 cm³/mol. The van der Waals surface area contributed by atoms with E-state index in [1.165, 1.54) is 5.56 Å². The summed E-state index contributed by atoms with van der Waals surface area (Å²) >= 11 is 1.79. The summed E-state index contributed by atoms with van der Waals surface area (Å²) in [6.45, 7) is 1.69. The first-order chi connectivity index (χ1) is 8.58. The molecule has 0 spiro atoms. The number of aliphatic carboxylic acids is 1. The number of hydrogen-bond acceptors (Lipinski definition) is 3. The number of carboxylic acids is 1. The summed E-state index contributed by atoms with van der Waals surface area (Å²) in [7, 11) is 0. The second-order valence-corrected chi connectivity index (χ2v) is 5.95. The summed E-state index contributed by atoms with van der Waals surface area (Å²) in [6.07, 6.45) is 0.670. The van der Waals surface area contributed by atoms with Crippen molar-refractivity contribution in [2.24, 2.45) is 5.92 Å². The molecule has 1 heterocycles. The van der Waals surface area contributed by atoms with Crippen LogP contribution in [-0.4, -0.2) is 33.8 Å². The molecule has 1 fully saturated rings. The lowest BCUT2D eigenvalue weighted by Crippen LogP contribution is -2.19. The molecule has 1 aliphatic rings. The Bertz CT molecular complexity index is 416. The van der Waals surface area contributed by atoms with Crippen molar-refractivity contribution < 1.29 is 15.0 Å². The van der Waals surface area contributed by atoms with E-state index in [1.54, 1.807) is 18.7 Å². The van der Waals surface area contributed by atoms with Crippen molar-refractivity contribution in [2.45, 2.75) is 25.4 Å². The van der Waals surface area contributed by atoms with Gasteiger partial charge in [-0.1, -0.05) is 24.3 Å². The van der Waals surface area contributed by atoms with Crippen LogP contribution in [0.5, 0.6) is 0 Å². The summed E-state index contributed by atoms with van der Waals surface area (Å²) in [5.41, 5.74) is 2.00. The summed E-state index contributed by atoms with van der Waals surface area (Å²) < 4.78 is 0. The summed E-state index contributed by atoms with van der Waals surface area (Å²) in [4.78, 5) is 10.9. The van der Waals surface area contributed by atoms with E-state index in [1.807, 2.05) is 24.3 Å². The van der Waals surface area contributed by atoms with Crippen LogP contribution >= 0.6 is 11.8 Å². The molecule has 3 atom stereocenters. The second kappa shape index (κ2) is 5.76. The summed E-state index contributed by atoms with van der Waals surface area (Å²) in [5.74, 6) is 0.905. The first-order valence-electron chi connectivity index (χ1n) is 6.15. The van der Waals surface area contributed by atoms with Crippen LogP contribution in [0.3, 0.4) is 0 Å². The molecular weight excluding hydrogens is 248 g/mol. The highest BCUT2D eigenvalue weighted by Crippen LogP contribution is 2.27. The van der Waals surface area contributed by atoms with Crippen LogP contribution in [0.2, 0.25) is 0 Å². The van der Waals surface area contributed by atoms with Crippen molar-refractivity contribution in [1.82, 2.24) is 0 Å². The Balaban J connectivity index is 2.01. The molecule has 2 N–H and O–H groups in total. The third kappa shape index (κ3) is 3.06.